The van der Waals surface area contributed by atoms with E-state index in [2.05, 4.69) is 88.0 Å². The summed E-state index contributed by atoms with van der Waals surface area (Å²) < 4.78 is 16.4. The second-order valence-corrected chi connectivity index (χ2v) is 10.8. The summed E-state index contributed by atoms with van der Waals surface area (Å²) >= 11 is 5.82. The van der Waals surface area contributed by atoms with Crippen molar-refractivity contribution in [3.63, 3.8) is 0 Å². The molecule has 2 aromatic heterocycles. The van der Waals surface area contributed by atoms with Crippen LogP contribution in [0.3, 0.4) is 0 Å². The van der Waals surface area contributed by atoms with E-state index in [1.54, 1.807) is 24.4 Å². The van der Waals surface area contributed by atoms with Gasteiger partial charge in [0.05, 0.1) is 23.5 Å². The molecule has 2 N–H and O–H groups in total. The predicted molar refractivity (Wildman–Crippen MR) is 171 cm³/mol. The van der Waals surface area contributed by atoms with Gasteiger partial charge in [-0.2, -0.15) is 0 Å². The Balaban J connectivity index is 1.46. The molecule has 42 heavy (non-hydrogen) atoms. The number of rotatable bonds is 10. The lowest BCUT2D eigenvalue weighted by atomic mass is 9.96. The van der Waals surface area contributed by atoms with Gasteiger partial charge in [-0.3, -0.25) is 9.78 Å². The van der Waals surface area contributed by atoms with Crippen molar-refractivity contribution in [2.45, 2.75) is 46.2 Å². The largest absolute Gasteiger partial charge is 0.372 e. The first kappa shape index (κ1) is 29.3. The maximum absolute atomic E-state index is 14.1. The molecular formula is C33H37FN6OS. The molecule has 0 saturated carbocycles. The van der Waals surface area contributed by atoms with Gasteiger partial charge in [-0.25, -0.2) is 4.39 Å². The lowest BCUT2D eigenvalue weighted by molar-refractivity contribution is -0.116. The fraction of sp³-hybridized carbons (Fsp3) is 0.303. The number of aryl methyl sites for hydroxylation is 1. The number of anilines is 2. The monoisotopic (exact) mass is 584 g/mol. The second kappa shape index (κ2) is 12.7. The number of nitrogens with zero attached hydrogens (tertiary/aromatic N) is 4. The van der Waals surface area contributed by atoms with Crippen LogP contribution < -0.4 is 15.5 Å². The Bertz CT molecular complexity index is 1550. The number of hydrogen-bond donors (Lipinski definition) is 2. The number of para-hydroxylation sites is 1. The van der Waals surface area contributed by atoms with E-state index in [1.165, 1.54) is 11.8 Å². The average molecular weight is 585 g/mol. The number of pyridine rings is 1. The first-order chi connectivity index (χ1) is 20.3. The first-order valence-electron chi connectivity index (χ1n) is 14.4. The van der Waals surface area contributed by atoms with Crippen molar-refractivity contribution in [3.05, 3.63) is 107 Å². The molecule has 0 unspecified atom stereocenters. The minimum Gasteiger partial charge on any atom is -0.372 e. The smallest absolute Gasteiger partial charge is 0.226 e. The minimum absolute atomic E-state index is 0.146. The van der Waals surface area contributed by atoms with Gasteiger partial charge < -0.3 is 25.0 Å². The molecule has 2 atom stereocenters. The van der Waals surface area contributed by atoms with Crippen molar-refractivity contribution in [3.8, 4) is 5.69 Å². The van der Waals surface area contributed by atoms with Gasteiger partial charge >= 0.3 is 0 Å². The molecule has 4 aromatic rings. The number of thiocarbonyl (C=S) groups is 1. The summed E-state index contributed by atoms with van der Waals surface area (Å²) in [6.45, 7) is 10.8. The molecule has 1 fully saturated rings. The van der Waals surface area contributed by atoms with E-state index in [0.29, 0.717) is 11.7 Å². The van der Waals surface area contributed by atoms with Gasteiger partial charge in [-0.15, -0.1) is 0 Å². The number of benzene rings is 2. The molecule has 9 heteroatoms. The zero-order valence-corrected chi connectivity index (χ0v) is 25.3. The lowest BCUT2D eigenvalue weighted by Gasteiger charge is -2.28. The van der Waals surface area contributed by atoms with Crippen LogP contribution in [0.15, 0.2) is 79.0 Å². The van der Waals surface area contributed by atoms with Crippen LogP contribution in [0.4, 0.5) is 15.8 Å². The highest BCUT2D eigenvalue weighted by Crippen LogP contribution is 2.41. The first-order valence-corrected chi connectivity index (χ1v) is 14.8. The number of nitrogens with one attached hydrogen (secondary N) is 2. The van der Waals surface area contributed by atoms with E-state index in [4.69, 9.17) is 12.2 Å². The topological polar surface area (TPSA) is 65.4 Å². The number of aromatic nitrogens is 2. The molecule has 1 aliphatic heterocycles. The molecule has 3 heterocycles. The van der Waals surface area contributed by atoms with E-state index < -0.39 is 5.82 Å². The normalized spacial score (nSPS) is 16.4. The van der Waals surface area contributed by atoms with E-state index in [1.807, 2.05) is 18.2 Å². The van der Waals surface area contributed by atoms with Crippen LogP contribution in [-0.2, 0) is 4.79 Å². The SMILES string of the molecule is CCN(CC)c1ccc(-n2c(C)cc([C@H]3[C@@H](c4ccccn4)NC(=S)N3CCC(=O)Nc3ccccc3F)c2C)cc1. The lowest BCUT2D eigenvalue weighted by Crippen LogP contribution is -2.33. The van der Waals surface area contributed by atoms with Crippen LogP contribution in [-0.4, -0.2) is 45.1 Å². The Morgan fingerprint density at radius 2 is 1.76 bits per heavy atom. The summed E-state index contributed by atoms with van der Waals surface area (Å²) in [5.74, 6) is -0.739. The Morgan fingerprint density at radius 1 is 1.05 bits per heavy atom. The molecule has 1 amide bonds. The summed E-state index contributed by atoms with van der Waals surface area (Å²) in [5, 5.41) is 6.72. The molecular weight excluding hydrogens is 547 g/mol. The number of carbonyl (C=O) groups excluding carboxylic acids is 1. The molecule has 1 saturated heterocycles. The molecule has 2 aromatic carbocycles. The van der Waals surface area contributed by atoms with Crippen molar-refractivity contribution < 1.29 is 9.18 Å². The summed E-state index contributed by atoms with van der Waals surface area (Å²) in [4.78, 5) is 21.9. The molecule has 0 aliphatic carbocycles. The van der Waals surface area contributed by atoms with Gasteiger partial charge in [0.15, 0.2) is 5.11 Å². The fourth-order valence-corrected chi connectivity index (χ4v) is 6.20. The Hall–Kier alpha value is -4.24. The van der Waals surface area contributed by atoms with Gasteiger partial charge in [0.1, 0.15) is 5.82 Å². The maximum atomic E-state index is 14.1. The van der Waals surface area contributed by atoms with Crippen LogP contribution >= 0.6 is 12.2 Å². The van der Waals surface area contributed by atoms with Gasteiger partial charge in [0.2, 0.25) is 5.91 Å². The minimum atomic E-state index is -0.463. The summed E-state index contributed by atoms with van der Waals surface area (Å²) in [6, 6.07) is 22.5. The third-order valence-electron chi connectivity index (χ3n) is 7.95. The van der Waals surface area contributed by atoms with Crippen molar-refractivity contribution >= 4 is 34.6 Å². The highest BCUT2D eigenvalue weighted by molar-refractivity contribution is 7.80. The van der Waals surface area contributed by atoms with Gasteiger partial charge in [-0.1, -0.05) is 18.2 Å². The van der Waals surface area contributed by atoms with Gasteiger partial charge in [0.25, 0.3) is 0 Å². The van der Waals surface area contributed by atoms with Crippen LogP contribution in [0.25, 0.3) is 5.69 Å². The second-order valence-electron chi connectivity index (χ2n) is 10.4. The molecule has 0 spiro atoms. The molecule has 1 aliphatic rings. The third kappa shape index (κ3) is 5.87. The zero-order valence-electron chi connectivity index (χ0n) is 24.5. The van der Waals surface area contributed by atoms with Crippen molar-refractivity contribution in [2.24, 2.45) is 0 Å². The van der Waals surface area contributed by atoms with E-state index in [0.717, 1.165) is 41.4 Å². The van der Waals surface area contributed by atoms with E-state index >= 15 is 0 Å². The number of amides is 1. The predicted octanol–water partition coefficient (Wildman–Crippen LogP) is 6.48. The van der Waals surface area contributed by atoms with Crippen molar-refractivity contribution in [1.82, 2.24) is 19.8 Å². The van der Waals surface area contributed by atoms with Crippen LogP contribution in [0.1, 0.15) is 55.0 Å². The summed E-state index contributed by atoms with van der Waals surface area (Å²) in [6.07, 6.45) is 1.93. The highest BCUT2D eigenvalue weighted by atomic mass is 32.1. The Morgan fingerprint density at radius 3 is 2.43 bits per heavy atom. The van der Waals surface area contributed by atoms with Crippen LogP contribution in [0.2, 0.25) is 0 Å². The molecule has 218 valence electrons. The van der Waals surface area contributed by atoms with Crippen LogP contribution in [0, 0.1) is 19.7 Å². The molecule has 0 radical (unpaired) electrons. The molecule has 0 bridgehead atoms. The van der Waals surface area contributed by atoms with E-state index in [9.17, 15) is 9.18 Å². The van der Waals surface area contributed by atoms with Crippen molar-refractivity contribution in [1.29, 1.82) is 0 Å². The highest BCUT2D eigenvalue weighted by Gasteiger charge is 2.41. The summed E-state index contributed by atoms with van der Waals surface area (Å²) in [7, 11) is 0. The average Bonchev–Trinajstić information content (AvgIpc) is 3.48. The maximum Gasteiger partial charge on any atom is 0.226 e. The standard InChI is InChI=1S/C33H37FN6OS/c1-5-38(6-2)24-14-16-25(17-15-24)40-22(3)21-26(23(40)4)32-31(29-13-9-10-19-35-29)37-33(42)39(32)20-18-30(41)36-28-12-8-7-11-27(28)34/h7-17,19,21,31-32H,5-6,18,20H2,1-4H3,(H,36,41)(H,37,42)/t31-,32+/m1/s1. The van der Waals surface area contributed by atoms with Gasteiger partial charge in [-0.05, 0) is 100 Å². The number of halogens is 1. The quantitative estimate of drug-likeness (QED) is 0.208. The number of hydrogen-bond acceptors (Lipinski definition) is 4. The van der Waals surface area contributed by atoms with Crippen LogP contribution in [0.5, 0.6) is 0 Å². The Labute approximate surface area is 252 Å². The van der Waals surface area contributed by atoms with Crippen molar-refractivity contribution in [2.75, 3.05) is 29.9 Å². The third-order valence-corrected chi connectivity index (χ3v) is 8.30. The molecule has 7 nitrogen and oxygen atoms in total. The summed E-state index contributed by atoms with van der Waals surface area (Å²) in [5.41, 5.74) is 6.64. The number of carbonyl (C=O) groups is 1. The molecule has 5 rings (SSSR count). The van der Waals surface area contributed by atoms with E-state index in [-0.39, 0.29) is 30.1 Å². The zero-order chi connectivity index (χ0) is 29.8. The Kier molecular flexibility index (Phi) is 8.87. The van der Waals surface area contributed by atoms with Gasteiger partial charge in [0, 0.05) is 55.0 Å². The fourth-order valence-electron chi connectivity index (χ4n) is 5.87.